The summed E-state index contributed by atoms with van der Waals surface area (Å²) in [5.41, 5.74) is -0.962. The summed E-state index contributed by atoms with van der Waals surface area (Å²) in [6, 6.07) is -0.737. The van der Waals surface area contributed by atoms with Crippen LogP contribution in [0.5, 0.6) is 0 Å². The van der Waals surface area contributed by atoms with E-state index < -0.39 is 17.7 Å². The lowest BCUT2D eigenvalue weighted by molar-refractivity contribution is -0.544. The average Bonchev–Trinajstić information content (AvgIpc) is 2.13. The molecule has 6 heteroatoms. The van der Waals surface area contributed by atoms with Crippen molar-refractivity contribution in [3.8, 4) is 0 Å². The van der Waals surface area contributed by atoms with Gasteiger partial charge in [-0.1, -0.05) is 13.8 Å². The van der Waals surface area contributed by atoms with E-state index in [0.29, 0.717) is 13.0 Å². The molecule has 1 aliphatic rings. The molecule has 104 valence electrons. The van der Waals surface area contributed by atoms with Crippen molar-refractivity contribution in [1.82, 2.24) is 4.90 Å². The third-order valence-electron chi connectivity index (χ3n) is 3.23. The van der Waals surface area contributed by atoms with Crippen molar-refractivity contribution < 1.29 is 14.5 Å². The van der Waals surface area contributed by atoms with Crippen molar-refractivity contribution >= 4 is 6.09 Å². The van der Waals surface area contributed by atoms with Crippen LogP contribution in [0.2, 0.25) is 0 Å². The SMILES string of the molecule is CC(C)(C)OC(=O)N1CCC(C)(C)[C@H]([N+](=O)[O-])C1. The predicted molar refractivity (Wildman–Crippen MR) is 67.0 cm³/mol. The second-order valence-corrected chi connectivity index (χ2v) is 6.47. The van der Waals surface area contributed by atoms with Gasteiger partial charge in [0.15, 0.2) is 0 Å². The zero-order chi connectivity index (χ0) is 14.1. The molecule has 0 aromatic carbocycles. The van der Waals surface area contributed by atoms with Crippen LogP contribution in [0.4, 0.5) is 4.79 Å². The highest BCUT2D eigenvalue weighted by Gasteiger charge is 2.45. The molecule has 1 heterocycles. The molecule has 0 aliphatic carbocycles. The van der Waals surface area contributed by atoms with Gasteiger partial charge in [0.25, 0.3) is 0 Å². The fraction of sp³-hybridized carbons (Fsp3) is 0.917. The number of hydrogen-bond donors (Lipinski definition) is 0. The highest BCUT2D eigenvalue weighted by atomic mass is 16.6. The van der Waals surface area contributed by atoms with Gasteiger partial charge in [0.2, 0.25) is 6.04 Å². The second kappa shape index (κ2) is 4.74. The van der Waals surface area contributed by atoms with Crippen LogP contribution in [0.25, 0.3) is 0 Å². The standard InChI is InChI=1S/C12H22N2O4/c1-11(2,3)18-10(15)13-7-6-12(4,5)9(8-13)14(16)17/h9H,6-8H2,1-5H3/t9-/m1/s1. The minimum atomic E-state index is -0.737. The van der Waals surface area contributed by atoms with E-state index >= 15 is 0 Å². The second-order valence-electron chi connectivity index (χ2n) is 6.47. The molecule has 1 atom stereocenters. The molecule has 0 spiro atoms. The molecular formula is C12H22N2O4. The van der Waals surface area contributed by atoms with Crippen molar-refractivity contribution in [2.24, 2.45) is 5.41 Å². The zero-order valence-corrected chi connectivity index (χ0v) is 11.7. The van der Waals surface area contributed by atoms with E-state index in [1.54, 1.807) is 20.8 Å². The lowest BCUT2D eigenvalue weighted by Gasteiger charge is -2.38. The van der Waals surface area contributed by atoms with Gasteiger partial charge in [-0.3, -0.25) is 10.1 Å². The van der Waals surface area contributed by atoms with Crippen LogP contribution >= 0.6 is 0 Å². The Hall–Kier alpha value is -1.33. The number of nitrogens with zero attached hydrogens (tertiary/aromatic N) is 2. The summed E-state index contributed by atoms with van der Waals surface area (Å²) in [4.78, 5) is 24.1. The lowest BCUT2D eigenvalue weighted by Crippen LogP contribution is -2.54. The van der Waals surface area contributed by atoms with E-state index in [-0.39, 0.29) is 16.9 Å². The molecule has 0 N–H and O–H groups in total. The maximum absolute atomic E-state index is 11.9. The summed E-state index contributed by atoms with van der Waals surface area (Å²) in [6.45, 7) is 9.71. The number of likely N-dealkylation sites (tertiary alicyclic amines) is 1. The fourth-order valence-corrected chi connectivity index (χ4v) is 1.98. The van der Waals surface area contributed by atoms with Crippen LogP contribution in [0, 0.1) is 15.5 Å². The molecule has 1 rings (SSSR count). The molecule has 1 amide bonds. The number of carbonyl (C=O) groups excluding carboxylic acids is 1. The normalized spacial score (nSPS) is 23.6. The van der Waals surface area contributed by atoms with Gasteiger partial charge in [-0.05, 0) is 27.2 Å². The third kappa shape index (κ3) is 3.58. The summed E-state index contributed by atoms with van der Waals surface area (Å²) >= 11 is 0. The smallest absolute Gasteiger partial charge is 0.410 e. The number of carbonyl (C=O) groups is 1. The minimum absolute atomic E-state index is 0.120. The Bertz CT molecular complexity index is 346. The Morgan fingerprint density at radius 2 is 2.00 bits per heavy atom. The lowest BCUT2D eigenvalue weighted by atomic mass is 9.78. The molecule has 18 heavy (non-hydrogen) atoms. The van der Waals surface area contributed by atoms with Gasteiger partial charge < -0.3 is 9.64 Å². The number of amides is 1. The topological polar surface area (TPSA) is 72.7 Å². The van der Waals surface area contributed by atoms with Crippen molar-refractivity contribution in [2.75, 3.05) is 13.1 Å². The van der Waals surface area contributed by atoms with E-state index in [9.17, 15) is 14.9 Å². The monoisotopic (exact) mass is 258 g/mol. The summed E-state index contributed by atoms with van der Waals surface area (Å²) in [6.07, 6.45) is 0.141. The van der Waals surface area contributed by atoms with Crippen molar-refractivity contribution in [3.05, 3.63) is 10.1 Å². The van der Waals surface area contributed by atoms with Crippen molar-refractivity contribution in [3.63, 3.8) is 0 Å². The fourth-order valence-electron chi connectivity index (χ4n) is 1.98. The van der Waals surface area contributed by atoms with Crippen LogP contribution in [0.3, 0.4) is 0 Å². The molecule has 1 fully saturated rings. The molecule has 0 aromatic heterocycles. The Morgan fingerprint density at radius 1 is 1.44 bits per heavy atom. The first kappa shape index (κ1) is 14.7. The quantitative estimate of drug-likeness (QED) is 0.534. The molecule has 1 saturated heterocycles. The molecular weight excluding hydrogens is 236 g/mol. The number of piperidine rings is 1. The first-order chi connectivity index (χ1) is 8.03. The Morgan fingerprint density at radius 3 is 2.44 bits per heavy atom. The van der Waals surface area contributed by atoms with Crippen LogP contribution in [0.15, 0.2) is 0 Å². The minimum Gasteiger partial charge on any atom is -0.444 e. The maximum Gasteiger partial charge on any atom is 0.410 e. The Kier molecular flexibility index (Phi) is 3.88. The van der Waals surface area contributed by atoms with E-state index in [1.165, 1.54) is 4.90 Å². The summed E-state index contributed by atoms with van der Waals surface area (Å²) < 4.78 is 5.24. The average molecular weight is 258 g/mol. The molecule has 0 saturated carbocycles. The molecule has 6 nitrogen and oxygen atoms in total. The van der Waals surface area contributed by atoms with Crippen LogP contribution < -0.4 is 0 Å². The van der Waals surface area contributed by atoms with Gasteiger partial charge in [0, 0.05) is 16.9 Å². The number of nitro groups is 1. The maximum atomic E-state index is 11.9. The number of rotatable bonds is 1. The van der Waals surface area contributed by atoms with Gasteiger partial charge in [-0.25, -0.2) is 4.79 Å². The van der Waals surface area contributed by atoms with Crippen molar-refractivity contribution in [2.45, 2.75) is 52.7 Å². The van der Waals surface area contributed by atoms with E-state index in [1.807, 2.05) is 13.8 Å². The highest BCUT2D eigenvalue weighted by Crippen LogP contribution is 2.32. The zero-order valence-electron chi connectivity index (χ0n) is 11.7. The molecule has 1 aliphatic heterocycles. The van der Waals surface area contributed by atoms with Gasteiger partial charge in [0.05, 0.1) is 6.54 Å². The summed E-state index contributed by atoms with van der Waals surface area (Å²) in [5, 5.41) is 11.1. The molecule has 0 unspecified atom stereocenters. The van der Waals surface area contributed by atoms with Gasteiger partial charge in [-0.15, -0.1) is 0 Å². The number of hydrogen-bond acceptors (Lipinski definition) is 4. The number of ether oxygens (including phenoxy) is 1. The van der Waals surface area contributed by atoms with Crippen LogP contribution in [0.1, 0.15) is 41.0 Å². The van der Waals surface area contributed by atoms with Crippen LogP contribution in [-0.2, 0) is 4.74 Å². The van der Waals surface area contributed by atoms with Gasteiger partial charge >= 0.3 is 6.09 Å². The largest absolute Gasteiger partial charge is 0.444 e. The predicted octanol–water partition coefficient (Wildman–Crippen LogP) is 2.30. The third-order valence-corrected chi connectivity index (χ3v) is 3.23. The highest BCUT2D eigenvalue weighted by molar-refractivity contribution is 5.68. The van der Waals surface area contributed by atoms with Gasteiger partial charge in [-0.2, -0.15) is 0 Å². The molecule has 0 radical (unpaired) electrons. The summed E-state index contributed by atoms with van der Waals surface area (Å²) in [5.74, 6) is 0. The van der Waals surface area contributed by atoms with Crippen LogP contribution in [-0.4, -0.2) is 40.6 Å². The van der Waals surface area contributed by atoms with E-state index in [0.717, 1.165) is 0 Å². The first-order valence-corrected chi connectivity index (χ1v) is 6.14. The molecule has 0 aromatic rings. The Balaban J connectivity index is 2.72. The first-order valence-electron chi connectivity index (χ1n) is 6.14. The van der Waals surface area contributed by atoms with E-state index in [2.05, 4.69) is 0 Å². The summed E-state index contributed by atoms with van der Waals surface area (Å²) in [7, 11) is 0. The molecule has 0 bridgehead atoms. The van der Waals surface area contributed by atoms with Gasteiger partial charge in [0.1, 0.15) is 5.60 Å². The van der Waals surface area contributed by atoms with Crippen molar-refractivity contribution in [1.29, 1.82) is 0 Å². The Labute approximate surface area is 107 Å². The van der Waals surface area contributed by atoms with E-state index in [4.69, 9.17) is 4.74 Å².